The third-order valence-electron chi connectivity index (χ3n) is 6.26. The van der Waals surface area contributed by atoms with Crippen molar-refractivity contribution in [1.82, 2.24) is 14.5 Å². The Morgan fingerprint density at radius 1 is 1.03 bits per heavy atom. The number of amides is 1. The average molecular weight is 472 g/mol. The van der Waals surface area contributed by atoms with Crippen LogP contribution >= 0.6 is 0 Å². The van der Waals surface area contributed by atoms with Gasteiger partial charge in [0.25, 0.3) is 11.5 Å². The topological polar surface area (TPSA) is 55.2 Å². The minimum Gasteiger partial charge on any atom is -0.329 e. The first-order chi connectivity index (χ1) is 16.9. The Hall–Kier alpha value is -3.80. The van der Waals surface area contributed by atoms with Crippen LogP contribution in [0.2, 0.25) is 0 Å². The van der Waals surface area contributed by atoms with E-state index in [0.717, 1.165) is 24.8 Å². The summed E-state index contributed by atoms with van der Waals surface area (Å²) in [6, 6.07) is 20.0. The van der Waals surface area contributed by atoms with Gasteiger partial charge in [-0.1, -0.05) is 44.0 Å². The zero-order chi connectivity index (χ0) is 24.9. The summed E-state index contributed by atoms with van der Waals surface area (Å²) in [5, 5.41) is 0.521. The number of unbranched alkanes of at least 4 members (excludes halogenated alkanes) is 2. The van der Waals surface area contributed by atoms with E-state index in [9.17, 15) is 14.0 Å². The van der Waals surface area contributed by atoms with E-state index in [-0.39, 0.29) is 11.5 Å². The first-order valence-electron chi connectivity index (χ1n) is 12.1. The average Bonchev–Trinajstić information content (AvgIpc) is 2.86. The number of halogens is 1. The second-order valence-corrected chi connectivity index (χ2v) is 8.86. The molecule has 4 rings (SSSR count). The number of benzene rings is 3. The van der Waals surface area contributed by atoms with Gasteiger partial charge >= 0.3 is 0 Å². The highest BCUT2D eigenvalue weighted by atomic mass is 19.1. The predicted molar refractivity (Wildman–Crippen MR) is 137 cm³/mol. The van der Waals surface area contributed by atoms with Crippen LogP contribution in [-0.2, 0) is 0 Å². The number of fused-ring (bicyclic) bond motifs is 1. The summed E-state index contributed by atoms with van der Waals surface area (Å²) >= 11 is 0. The molecule has 1 amide bonds. The molecule has 180 valence electrons. The Morgan fingerprint density at radius 3 is 2.49 bits per heavy atom. The summed E-state index contributed by atoms with van der Waals surface area (Å²) in [6.07, 6.45) is 2.79. The largest absolute Gasteiger partial charge is 0.329 e. The molecule has 6 heteroatoms. The molecule has 0 aliphatic rings. The number of carbonyl (C=O) groups is 1. The van der Waals surface area contributed by atoms with Gasteiger partial charge in [0.05, 0.1) is 22.6 Å². The lowest BCUT2D eigenvalue weighted by Gasteiger charge is -2.31. The minimum absolute atomic E-state index is 0.175. The van der Waals surface area contributed by atoms with Crippen molar-refractivity contribution in [3.63, 3.8) is 0 Å². The van der Waals surface area contributed by atoms with Crippen LogP contribution in [0.4, 0.5) is 4.39 Å². The predicted octanol–water partition coefficient (Wildman–Crippen LogP) is 6.23. The molecule has 0 saturated heterocycles. The van der Waals surface area contributed by atoms with E-state index in [1.165, 1.54) is 24.3 Å². The van der Waals surface area contributed by atoms with Crippen LogP contribution in [0, 0.1) is 12.7 Å². The Balaban J connectivity index is 1.88. The van der Waals surface area contributed by atoms with E-state index < -0.39 is 11.9 Å². The summed E-state index contributed by atoms with van der Waals surface area (Å²) in [7, 11) is 0. The number of hydrogen-bond donors (Lipinski definition) is 0. The molecule has 0 saturated carbocycles. The standard InChI is InChI=1S/C29H30FN3O2/c1-4-5-8-18-32(28(34)22-14-16-23(30)17-15-22)21(3)27-31-26-13-7-6-12-25(26)29(35)33(27)24-11-9-10-20(2)19-24/h6-7,9-17,19,21H,4-5,8,18H2,1-3H3. The molecule has 0 N–H and O–H groups in total. The number of hydrogen-bond acceptors (Lipinski definition) is 3. The Kier molecular flexibility index (Phi) is 7.39. The van der Waals surface area contributed by atoms with Crippen LogP contribution in [0.15, 0.2) is 77.6 Å². The summed E-state index contributed by atoms with van der Waals surface area (Å²) < 4.78 is 15.1. The number of aryl methyl sites for hydroxylation is 1. The molecule has 1 aromatic heterocycles. The molecule has 1 unspecified atom stereocenters. The lowest BCUT2D eigenvalue weighted by Crippen LogP contribution is -2.38. The van der Waals surface area contributed by atoms with Crippen LogP contribution in [0.3, 0.4) is 0 Å². The fourth-order valence-electron chi connectivity index (χ4n) is 4.35. The van der Waals surface area contributed by atoms with Crippen molar-refractivity contribution < 1.29 is 9.18 Å². The lowest BCUT2D eigenvalue weighted by atomic mass is 10.1. The van der Waals surface area contributed by atoms with Gasteiger partial charge < -0.3 is 4.90 Å². The van der Waals surface area contributed by atoms with Crippen LogP contribution in [0.1, 0.15) is 60.9 Å². The van der Waals surface area contributed by atoms with Crippen molar-refractivity contribution in [1.29, 1.82) is 0 Å². The maximum atomic E-state index is 13.7. The molecule has 5 nitrogen and oxygen atoms in total. The molecule has 3 aromatic carbocycles. The molecule has 0 radical (unpaired) electrons. The minimum atomic E-state index is -0.498. The molecular formula is C29H30FN3O2. The maximum absolute atomic E-state index is 13.7. The SMILES string of the molecule is CCCCCN(C(=O)c1ccc(F)cc1)C(C)c1nc2ccccc2c(=O)n1-c1cccc(C)c1. The third-order valence-corrected chi connectivity index (χ3v) is 6.26. The Labute approximate surface area is 204 Å². The summed E-state index contributed by atoms with van der Waals surface area (Å²) in [5.74, 6) is -0.116. The van der Waals surface area contributed by atoms with Crippen LogP contribution < -0.4 is 5.56 Å². The van der Waals surface area contributed by atoms with E-state index in [2.05, 4.69) is 6.92 Å². The summed E-state index contributed by atoms with van der Waals surface area (Å²) in [5.41, 5.74) is 2.54. The summed E-state index contributed by atoms with van der Waals surface area (Å²) in [4.78, 5) is 33.9. The third kappa shape index (κ3) is 5.16. The molecule has 0 fully saturated rings. The van der Waals surface area contributed by atoms with Gasteiger partial charge in [-0.3, -0.25) is 14.2 Å². The van der Waals surface area contributed by atoms with Crippen molar-refractivity contribution in [2.75, 3.05) is 6.54 Å². The van der Waals surface area contributed by atoms with Crippen molar-refractivity contribution in [2.24, 2.45) is 0 Å². The van der Waals surface area contributed by atoms with E-state index >= 15 is 0 Å². The zero-order valence-electron chi connectivity index (χ0n) is 20.4. The van der Waals surface area contributed by atoms with Crippen LogP contribution in [-0.4, -0.2) is 26.9 Å². The van der Waals surface area contributed by atoms with E-state index in [1.807, 2.05) is 56.3 Å². The van der Waals surface area contributed by atoms with Crippen molar-refractivity contribution in [2.45, 2.75) is 46.1 Å². The Bertz CT molecular complexity index is 1400. The second-order valence-electron chi connectivity index (χ2n) is 8.86. The number of carbonyl (C=O) groups excluding carboxylic acids is 1. The monoisotopic (exact) mass is 471 g/mol. The molecule has 35 heavy (non-hydrogen) atoms. The molecule has 0 spiro atoms. The van der Waals surface area contributed by atoms with Gasteiger partial charge in [0.1, 0.15) is 11.6 Å². The summed E-state index contributed by atoms with van der Waals surface area (Å²) in [6.45, 7) is 6.48. The molecular weight excluding hydrogens is 441 g/mol. The second kappa shape index (κ2) is 10.6. The first-order valence-corrected chi connectivity index (χ1v) is 12.1. The lowest BCUT2D eigenvalue weighted by molar-refractivity contribution is 0.0677. The van der Waals surface area contributed by atoms with E-state index in [0.29, 0.717) is 34.5 Å². The molecule has 0 aliphatic carbocycles. The van der Waals surface area contributed by atoms with Gasteiger partial charge in [0.2, 0.25) is 0 Å². The first kappa shape index (κ1) is 24.3. The van der Waals surface area contributed by atoms with Gasteiger partial charge in [0.15, 0.2) is 0 Å². The van der Waals surface area contributed by atoms with Crippen molar-refractivity contribution in [3.05, 3.63) is 106 Å². The van der Waals surface area contributed by atoms with Crippen LogP contribution in [0.5, 0.6) is 0 Å². The molecule has 4 aromatic rings. The van der Waals surface area contributed by atoms with Gasteiger partial charge in [-0.05, 0) is 74.4 Å². The van der Waals surface area contributed by atoms with Crippen molar-refractivity contribution in [3.8, 4) is 5.69 Å². The number of nitrogens with zero attached hydrogens (tertiary/aromatic N) is 3. The van der Waals surface area contributed by atoms with Gasteiger partial charge in [-0.15, -0.1) is 0 Å². The fraction of sp³-hybridized carbons (Fsp3) is 0.276. The number of para-hydroxylation sites is 1. The Morgan fingerprint density at radius 2 is 1.77 bits per heavy atom. The van der Waals surface area contributed by atoms with Gasteiger partial charge in [-0.2, -0.15) is 0 Å². The highest BCUT2D eigenvalue weighted by molar-refractivity contribution is 5.94. The highest BCUT2D eigenvalue weighted by Crippen LogP contribution is 2.25. The highest BCUT2D eigenvalue weighted by Gasteiger charge is 2.27. The van der Waals surface area contributed by atoms with Crippen molar-refractivity contribution >= 4 is 16.8 Å². The van der Waals surface area contributed by atoms with E-state index in [1.54, 1.807) is 15.5 Å². The quantitative estimate of drug-likeness (QED) is 0.286. The van der Waals surface area contributed by atoms with Gasteiger partial charge in [-0.25, -0.2) is 9.37 Å². The maximum Gasteiger partial charge on any atom is 0.266 e. The fourth-order valence-corrected chi connectivity index (χ4v) is 4.35. The molecule has 0 bridgehead atoms. The van der Waals surface area contributed by atoms with Gasteiger partial charge in [0, 0.05) is 12.1 Å². The van der Waals surface area contributed by atoms with E-state index in [4.69, 9.17) is 4.98 Å². The normalized spacial score (nSPS) is 12.0. The number of rotatable bonds is 8. The number of aromatic nitrogens is 2. The van der Waals surface area contributed by atoms with Crippen LogP contribution in [0.25, 0.3) is 16.6 Å². The smallest absolute Gasteiger partial charge is 0.266 e. The molecule has 0 aliphatic heterocycles. The zero-order valence-corrected chi connectivity index (χ0v) is 20.4. The molecule has 1 atom stereocenters. The molecule has 1 heterocycles.